The number of benzene rings is 1. The van der Waals surface area contributed by atoms with Crippen molar-refractivity contribution < 1.29 is 0 Å². The molecule has 1 nitrogen and oxygen atoms in total. The highest BCUT2D eigenvalue weighted by Crippen LogP contribution is 2.22. The molecule has 1 N–H and O–H groups in total. The van der Waals surface area contributed by atoms with Crippen molar-refractivity contribution in [3.63, 3.8) is 0 Å². The molecule has 1 aromatic rings. The highest BCUT2D eigenvalue weighted by Gasteiger charge is 2.14. The van der Waals surface area contributed by atoms with Crippen molar-refractivity contribution in [1.82, 2.24) is 0 Å². The maximum absolute atomic E-state index is 3.53. The summed E-state index contributed by atoms with van der Waals surface area (Å²) < 4.78 is 1.14. The van der Waals surface area contributed by atoms with Gasteiger partial charge < -0.3 is 5.32 Å². The van der Waals surface area contributed by atoms with Crippen LogP contribution in [-0.4, -0.2) is 17.5 Å². The maximum atomic E-state index is 3.53. The van der Waals surface area contributed by atoms with E-state index < -0.39 is 0 Å². The molecular formula is C10H12BrNS. The lowest BCUT2D eigenvalue weighted by Gasteiger charge is -2.12. The van der Waals surface area contributed by atoms with Gasteiger partial charge in [0.05, 0.1) is 0 Å². The monoisotopic (exact) mass is 257 g/mol. The smallest absolute Gasteiger partial charge is 0.0359 e. The molecule has 1 aliphatic rings. The molecule has 0 spiro atoms. The number of hydrogen-bond donors (Lipinski definition) is 1. The third-order valence-corrected chi connectivity index (χ3v) is 3.78. The Morgan fingerprint density at radius 1 is 1.46 bits per heavy atom. The van der Waals surface area contributed by atoms with Crippen molar-refractivity contribution >= 4 is 33.4 Å². The Labute approximate surface area is 91.4 Å². The van der Waals surface area contributed by atoms with E-state index in [0.29, 0.717) is 6.04 Å². The van der Waals surface area contributed by atoms with Gasteiger partial charge >= 0.3 is 0 Å². The first-order valence-electron chi connectivity index (χ1n) is 4.44. The van der Waals surface area contributed by atoms with Crippen LogP contribution in [0.25, 0.3) is 0 Å². The van der Waals surface area contributed by atoms with Crippen LogP contribution in [0.1, 0.15) is 6.42 Å². The van der Waals surface area contributed by atoms with E-state index >= 15 is 0 Å². The molecule has 3 heteroatoms. The van der Waals surface area contributed by atoms with Gasteiger partial charge in [0.1, 0.15) is 0 Å². The second-order valence-corrected chi connectivity index (χ2v) is 5.28. The molecule has 70 valence electrons. The predicted molar refractivity (Wildman–Crippen MR) is 63.5 cm³/mol. The van der Waals surface area contributed by atoms with Crippen molar-refractivity contribution in [3.05, 3.63) is 28.7 Å². The molecule has 1 aromatic carbocycles. The van der Waals surface area contributed by atoms with Crippen LogP contribution in [0, 0.1) is 0 Å². The highest BCUT2D eigenvalue weighted by atomic mass is 79.9. The Balaban J connectivity index is 2.00. The molecule has 1 atom stereocenters. The third-order valence-electron chi connectivity index (χ3n) is 2.13. The summed E-state index contributed by atoms with van der Waals surface area (Å²) in [4.78, 5) is 0. The molecule has 1 saturated heterocycles. The minimum atomic E-state index is 0.666. The standard InChI is InChI=1S/C10H12BrNS/c11-8-2-1-3-9(6-8)12-10-4-5-13-7-10/h1-3,6,10,12H,4-5,7H2/t10-/m0/s1. The summed E-state index contributed by atoms with van der Waals surface area (Å²) in [5.41, 5.74) is 1.22. The Bertz CT molecular complexity index is 284. The van der Waals surface area contributed by atoms with Gasteiger partial charge in [0.25, 0.3) is 0 Å². The van der Waals surface area contributed by atoms with Gasteiger partial charge in [-0.2, -0.15) is 11.8 Å². The summed E-state index contributed by atoms with van der Waals surface area (Å²) in [5, 5.41) is 3.53. The summed E-state index contributed by atoms with van der Waals surface area (Å²) in [6.07, 6.45) is 1.29. The molecule has 0 aliphatic carbocycles. The van der Waals surface area contributed by atoms with E-state index in [4.69, 9.17) is 0 Å². The summed E-state index contributed by atoms with van der Waals surface area (Å²) in [6, 6.07) is 9.03. The van der Waals surface area contributed by atoms with Crippen LogP contribution in [0.4, 0.5) is 5.69 Å². The van der Waals surface area contributed by atoms with Crippen molar-refractivity contribution in [3.8, 4) is 0 Å². The van der Waals surface area contributed by atoms with Crippen molar-refractivity contribution in [2.24, 2.45) is 0 Å². The Morgan fingerprint density at radius 2 is 2.38 bits per heavy atom. The number of anilines is 1. The van der Waals surface area contributed by atoms with Gasteiger partial charge in [0.15, 0.2) is 0 Å². The Hall–Kier alpha value is -0.150. The Kier molecular flexibility index (Phi) is 3.17. The van der Waals surface area contributed by atoms with Crippen LogP contribution in [0.3, 0.4) is 0 Å². The zero-order valence-electron chi connectivity index (χ0n) is 7.29. The average molecular weight is 258 g/mol. The van der Waals surface area contributed by atoms with E-state index in [1.54, 1.807) is 0 Å². The predicted octanol–water partition coefficient (Wildman–Crippen LogP) is 3.37. The summed E-state index contributed by atoms with van der Waals surface area (Å²) in [5.74, 6) is 2.54. The lowest BCUT2D eigenvalue weighted by atomic mass is 10.2. The largest absolute Gasteiger partial charge is 0.381 e. The van der Waals surface area contributed by atoms with Crippen LogP contribution in [0.15, 0.2) is 28.7 Å². The second-order valence-electron chi connectivity index (χ2n) is 3.22. The fourth-order valence-corrected chi connectivity index (χ4v) is 3.01. The summed E-state index contributed by atoms with van der Waals surface area (Å²) in [7, 11) is 0. The molecule has 2 rings (SSSR count). The van der Waals surface area contributed by atoms with Crippen LogP contribution in [-0.2, 0) is 0 Å². The van der Waals surface area contributed by atoms with Gasteiger partial charge in [0.2, 0.25) is 0 Å². The fourth-order valence-electron chi connectivity index (χ4n) is 1.46. The molecule has 0 unspecified atom stereocenters. The number of halogens is 1. The topological polar surface area (TPSA) is 12.0 Å². The van der Waals surface area contributed by atoms with Gasteiger partial charge in [0, 0.05) is 22.0 Å². The molecule has 1 fully saturated rings. The van der Waals surface area contributed by atoms with Crippen molar-refractivity contribution in [2.75, 3.05) is 16.8 Å². The highest BCUT2D eigenvalue weighted by molar-refractivity contribution is 9.10. The van der Waals surface area contributed by atoms with Gasteiger partial charge in [-0.3, -0.25) is 0 Å². The molecule has 0 saturated carbocycles. The van der Waals surface area contributed by atoms with Crippen molar-refractivity contribution in [2.45, 2.75) is 12.5 Å². The van der Waals surface area contributed by atoms with Crippen LogP contribution in [0.2, 0.25) is 0 Å². The van der Waals surface area contributed by atoms with Crippen LogP contribution >= 0.6 is 27.7 Å². The molecular weight excluding hydrogens is 246 g/mol. The number of thioether (sulfide) groups is 1. The first-order chi connectivity index (χ1) is 6.34. The Morgan fingerprint density at radius 3 is 3.08 bits per heavy atom. The quantitative estimate of drug-likeness (QED) is 0.872. The lowest BCUT2D eigenvalue weighted by molar-refractivity contribution is 0.813. The average Bonchev–Trinajstić information content (AvgIpc) is 2.57. The number of rotatable bonds is 2. The molecule has 0 radical (unpaired) electrons. The van der Waals surface area contributed by atoms with Crippen molar-refractivity contribution in [1.29, 1.82) is 0 Å². The first-order valence-corrected chi connectivity index (χ1v) is 6.39. The lowest BCUT2D eigenvalue weighted by Crippen LogP contribution is -2.17. The van der Waals surface area contributed by atoms with E-state index in [1.165, 1.54) is 23.6 Å². The molecule has 13 heavy (non-hydrogen) atoms. The number of hydrogen-bond acceptors (Lipinski definition) is 2. The maximum Gasteiger partial charge on any atom is 0.0359 e. The summed E-state index contributed by atoms with van der Waals surface area (Å²) >= 11 is 5.50. The van der Waals surface area contributed by atoms with E-state index in [1.807, 2.05) is 11.8 Å². The molecule has 0 aromatic heterocycles. The van der Waals surface area contributed by atoms with E-state index in [-0.39, 0.29) is 0 Å². The molecule has 0 amide bonds. The minimum Gasteiger partial charge on any atom is -0.381 e. The molecule has 1 heterocycles. The second kappa shape index (κ2) is 4.38. The third kappa shape index (κ3) is 2.64. The normalized spacial score (nSPS) is 21.8. The number of nitrogens with one attached hydrogen (secondary N) is 1. The zero-order valence-corrected chi connectivity index (χ0v) is 9.70. The minimum absolute atomic E-state index is 0.666. The van der Waals surface area contributed by atoms with Gasteiger partial charge in [-0.15, -0.1) is 0 Å². The van der Waals surface area contributed by atoms with Crippen LogP contribution in [0.5, 0.6) is 0 Å². The summed E-state index contributed by atoms with van der Waals surface area (Å²) in [6.45, 7) is 0. The van der Waals surface area contributed by atoms with Gasteiger partial charge in [-0.05, 0) is 30.4 Å². The fraction of sp³-hybridized carbons (Fsp3) is 0.400. The van der Waals surface area contributed by atoms with E-state index in [0.717, 1.165) is 4.47 Å². The van der Waals surface area contributed by atoms with Gasteiger partial charge in [-0.25, -0.2) is 0 Å². The SMILES string of the molecule is Brc1cccc(N[C@H]2CCSC2)c1. The zero-order chi connectivity index (χ0) is 9.10. The van der Waals surface area contributed by atoms with Gasteiger partial charge in [-0.1, -0.05) is 22.0 Å². The molecule has 0 bridgehead atoms. The van der Waals surface area contributed by atoms with Crippen LogP contribution < -0.4 is 5.32 Å². The molecule has 1 aliphatic heterocycles. The van der Waals surface area contributed by atoms with E-state index in [9.17, 15) is 0 Å². The first kappa shape index (κ1) is 9.41. The van der Waals surface area contributed by atoms with E-state index in [2.05, 4.69) is 45.5 Å².